The van der Waals surface area contributed by atoms with E-state index >= 15 is 0 Å². The van der Waals surface area contributed by atoms with Crippen LogP contribution >= 0.6 is 0 Å². The normalized spacial score (nSPS) is 15.6. The lowest BCUT2D eigenvalue weighted by Crippen LogP contribution is -2.44. The highest BCUT2D eigenvalue weighted by Crippen LogP contribution is 2.22. The van der Waals surface area contributed by atoms with Gasteiger partial charge in [0.2, 0.25) is 0 Å². The molecule has 0 aliphatic carbocycles. The Balaban J connectivity index is 1.90. The highest BCUT2D eigenvalue weighted by Gasteiger charge is 2.27. The Labute approximate surface area is 147 Å². The molecule has 0 unspecified atom stereocenters. The predicted octanol–water partition coefficient (Wildman–Crippen LogP) is 2.26. The number of carbonyl (C=O) groups excluding carboxylic acids is 2. The Bertz CT molecular complexity index is 634. The summed E-state index contributed by atoms with van der Waals surface area (Å²) in [5.74, 6) is 0.0554. The number of nitrogens with one attached hydrogen (secondary N) is 1. The number of hydrogen-bond donors (Lipinski definition) is 2. The Kier molecular flexibility index (Phi) is 5.71. The molecule has 1 amide bonds. The third-order valence-corrected chi connectivity index (χ3v) is 3.83. The number of hydrogen-bond acceptors (Lipinski definition) is 7. The van der Waals surface area contributed by atoms with E-state index < -0.39 is 11.6 Å². The van der Waals surface area contributed by atoms with Crippen molar-refractivity contribution in [1.29, 1.82) is 0 Å². The Morgan fingerprint density at radius 1 is 1.32 bits per heavy atom. The fourth-order valence-electron chi connectivity index (χ4n) is 2.56. The minimum Gasteiger partial charge on any atom is -0.465 e. The number of carbonyl (C=O) groups is 2. The van der Waals surface area contributed by atoms with Crippen molar-refractivity contribution < 1.29 is 19.1 Å². The first-order valence-electron chi connectivity index (χ1n) is 8.28. The van der Waals surface area contributed by atoms with Gasteiger partial charge in [0.15, 0.2) is 0 Å². The average molecular weight is 350 g/mol. The van der Waals surface area contributed by atoms with E-state index in [1.165, 1.54) is 19.4 Å². The summed E-state index contributed by atoms with van der Waals surface area (Å²) in [5.41, 5.74) is 6.16. The molecule has 0 atom stereocenters. The second-order valence-electron chi connectivity index (χ2n) is 7.04. The van der Waals surface area contributed by atoms with Gasteiger partial charge in [-0.1, -0.05) is 0 Å². The maximum Gasteiger partial charge on any atom is 0.410 e. The molecular formula is C17H26N4O4. The van der Waals surface area contributed by atoms with Crippen LogP contribution in [-0.2, 0) is 9.47 Å². The number of aromatic nitrogens is 1. The first-order valence-corrected chi connectivity index (χ1v) is 8.28. The number of pyridine rings is 1. The minimum absolute atomic E-state index is 0.150. The lowest BCUT2D eigenvalue weighted by atomic mass is 10.1. The van der Waals surface area contributed by atoms with Gasteiger partial charge in [-0.2, -0.15) is 0 Å². The molecule has 25 heavy (non-hydrogen) atoms. The SMILES string of the molecule is COC(=O)c1cnc(NC2CCN(C(=O)OC(C)(C)C)CC2)c(N)c1. The number of esters is 1. The van der Waals surface area contributed by atoms with Crippen LogP contribution < -0.4 is 11.1 Å². The van der Waals surface area contributed by atoms with Crippen LogP contribution in [0.15, 0.2) is 12.3 Å². The standard InChI is InChI=1S/C17H26N4O4/c1-17(2,3)25-16(23)21-7-5-12(6-8-21)20-14-13(18)9-11(10-19-14)15(22)24-4/h9-10,12H,5-8,18H2,1-4H3,(H,19,20). The van der Waals surface area contributed by atoms with Crippen molar-refractivity contribution in [2.75, 3.05) is 31.2 Å². The lowest BCUT2D eigenvalue weighted by molar-refractivity contribution is 0.0210. The molecule has 1 fully saturated rings. The van der Waals surface area contributed by atoms with Gasteiger partial charge in [0.05, 0.1) is 18.4 Å². The van der Waals surface area contributed by atoms with Crippen molar-refractivity contribution in [2.45, 2.75) is 45.3 Å². The molecule has 0 spiro atoms. The number of rotatable bonds is 3. The molecule has 2 heterocycles. The minimum atomic E-state index is -0.494. The van der Waals surface area contributed by atoms with Crippen molar-refractivity contribution in [3.63, 3.8) is 0 Å². The molecule has 0 aromatic carbocycles. The van der Waals surface area contributed by atoms with Gasteiger partial charge in [-0.3, -0.25) is 0 Å². The highest BCUT2D eigenvalue weighted by molar-refractivity contribution is 5.90. The number of ether oxygens (including phenoxy) is 2. The van der Waals surface area contributed by atoms with E-state index in [-0.39, 0.29) is 12.1 Å². The zero-order valence-electron chi connectivity index (χ0n) is 15.2. The topological polar surface area (TPSA) is 107 Å². The van der Waals surface area contributed by atoms with Gasteiger partial charge in [-0.25, -0.2) is 14.6 Å². The lowest BCUT2D eigenvalue weighted by Gasteiger charge is -2.34. The summed E-state index contributed by atoms with van der Waals surface area (Å²) in [6.07, 6.45) is 2.67. The average Bonchev–Trinajstić information content (AvgIpc) is 2.55. The van der Waals surface area contributed by atoms with Crippen LogP contribution in [0.25, 0.3) is 0 Å². The number of nitrogens with two attached hydrogens (primary N) is 1. The van der Waals surface area contributed by atoms with E-state index in [2.05, 4.69) is 15.0 Å². The summed E-state index contributed by atoms with van der Waals surface area (Å²) < 4.78 is 10.0. The summed E-state index contributed by atoms with van der Waals surface area (Å²) in [7, 11) is 1.31. The van der Waals surface area contributed by atoms with Gasteiger partial charge in [-0.05, 0) is 39.7 Å². The molecule has 1 saturated heterocycles. The molecule has 138 valence electrons. The highest BCUT2D eigenvalue weighted by atomic mass is 16.6. The van der Waals surface area contributed by atoms with Crippen LogP contribution in [0.4, 0.5) is 16.3 Å². The quantitative estimate of drug-likeness (QED) is 0.805. The fraction of sp³-hybridized carbons (Fsp3) is 0.588. The molecule has 1 aliphatic heterocycles. The van der Waals surface area contributed by atoms with Crippen LogP contribution in [-0.4, -0.2) is 53.8 Å². The van der Waals surface area contributed by atoms with Crippen molar-refractivity contribution >= 4 is 23.6 Å². The van der Waals surface area contributed by atoms with Crippen LogP contribution in [0.3, 0.4) is 0 Å². The van der Waals surface area contributed by atoms with Gasteiger partial charge >= 0.3 is 12.1 Å². The summed E-state index contributed by atoms with van der Waals surface area (Å²) in [5, 5.41) is 3.27. The summed E-state index contributed by atoms with van der Waals surface area (Å²) >= 11 is 0. The second-order valence-corrected chi connectivity index (χ2v) is 7.04. The summed E-state index contributed by atoms with van der Waals surface area (Å²) in [4.78, 5) is 29.5. The number of methoxy groups -OCH3 is 1. The van der Waals surface area contributed by atoms with Gasteiger partial charge in [0.1, 0.15) is 11.4 Å². The molecule has 8 nitrogen and oxygen atoms in total. The van der Waals surface area contributed by atoms with Crippen LogP contribution in [0.2, 0.25) is 0 Å². The van der Waals surface area contributed by atoms with E-state index in [9.17, 15) is 9.59 Å². The second kappa shape index (κ2) is 7.58. The Hall–Kier alpha value is -2.51. The molecule has 1 aromatic rings. The zero-order chi connectivity index (χ0) is 18.6. The monoisotopic (exact) mass is 350 g/mol. The molecule has 0 radical (unpaired) electrons. The van der Waals surface area contributed by atoms with Crippen molar-refractivity contribution in [3.8, 4) is 0 Å². The Morgan fingerprint density at radius 3 is 2.48 bits per heavy atom. The molecule has 1 aliphatic rings. The molecule has 2 rings (SSSR count). The summed E-state index contributed by atoms with van der Waals surface area (Å²) in [6.45, 7) is 6.77. The maximum atomic E-state index is 12.1. The van der Waals surface area contributed by atoms with E-state index in [1.54, 1.807) is 4.90 Å². The van der Waals surface area contributed by atoms with Crippen LogP contribution in [0.5, 0.6) is 0 Å². The summed E-state index contributed by atoms with van der Waals surface area (Å²) in [6, 6.07) is 1.69. The van der Waals surface area contributed by atoms with E-state index in [0.717, 1.165) is 12.8 Å². The Morgan fingerprint density at radius 2 is 1.96 bits per heavy atom. The fourth-order valence-corrected chi connectivity index (χ4v) is 2.56. The molecule has 1 aromatic heterocycles. The van der Waals surface area contributed by atoms with Crippen molar-refractivity contribution in [2.24, 2.45) is 0 Å². The number of anilines is 2. The number of piperidine rings is 1. The number of amides is 1. The first kappa shape index (κ1) is 18.8. The van der Waals surface area contributed by atoms with Gasteiger partial charge in [0, 0.05) is 25.3 Å². The number of nitrogens with zero attached hydrogens (tertiary/aromatic N) is 2. The third-order valence-electron chi connectivity index (χ3n) is 3.83. The third kappa shape index (κ3) is 5.23. The molecule has 8 heteroatoms. The zero-order valence-corrected chi connectivity index (χ0v) is 15.2. The van der Waals surface area contributed by atoms with Gasteiger partial charge in [0.25, 0.3) is 0 Å². The molecule has 0 saturated carbocycles. The predicted molar refractivity (Wildman–Crippen MR) is 94.4 cm³/mol. The molecule has 3 N–H and O–H groups in total. The first-order chi connectivity index (χ1) is 11.7. The van der Waals surface area contributed by atoms with E-state index in [1.807, 2.05) is 20.8 Å². The molecular weight excluding hydrogens is 324 g/mol. The number of likely N-dealkylation sites (tertiary alicyclic amines) is 1. The largest absolute Gasteiger partial charge is 0.465 e. The maximum absolute atomic E-state index is 12.1. The van der Waals surface area contributed by atoms with Gasteiger partial charge < -0.3 is 25.4 Å². The van der Waals surface area contributed by atoms with Crippen molar-refractivity contribution in [1.82, 2.24) is 9.88 Å². The van der Waals surface area contributed by atoms with E-state index in [0.29, 0.717) is 30.2 Å². The van der Waals surface area contributed by atoms with Crippen LogP contribution in [0, 0.1) is 0 Å². The van der Waals surface area contributed by atoms with Crippen LogP contribution in [0.1, 0.15) is 44.0 Å². The smallest absolute Gasteiger partial charge is 0.410 e. The van der Waals surface area contributed by atoms with E-state index in [4.69, 9.17) is 10.5 Å². The number of nitrogen functional groups attached to an aromatic ring is 1. The van der Waals surface area contributed by atoms with Gasteiger partial charge in [-0.15, -0.1) is 0 Å². The molecule has 0 bridgehead atoms. The van der Waals surface area contributed by atoms with Crippen molar-refractivity contribution in [3.05, 3.63) is 17.8 Å².